The first kappa shape index (κ1) is 18.2. The average Bonchev–Trinajstić information content (AvgIpc) is 2.66. The maximum Gasteiger partial charge on any atom is 0.319 e. The number of β-lactam (4-membered cyclic amide) rings is 1. The molecule has 8 heteroatoms. The molecule has 0 radical (unpaired) electrons. The van der Waals surface area contributed by atoms with E-state index in [-0.39, 0.29) is 24.4 Å². The van der Waals surface area contributed by atoms with Gasteiger partial charge in [0.1, 0.15) is 16.8 Å². The quantitative estimate of drug-likeness (QED) is 0.451. The molecule has 7 nitrogen and oxygen atoms in total. The van der Waals surface area contributed by atoms with E-state index in [0.717, 1.165) is 5.56 Å². The van der Waals surface area contributed by atoms with Crippen molar-refractivity contribution in [1.82, 2.24) is 4.90 Å². The summed E-state index contributed by atoms with van der Waals surface area (Å²) < 4.78 is 16.2. The Bertz CT molecular complexity index is 643. The van der Waals surface area contributed by atoms with Gasteiger partial charge in [-0.05, 0) is 0 Å². The largest absolute Gasteiger partial charge is 0.431 e. The van der Waals surface area contributed by atoms with E-state index >= 15 is 0 Å². The van der Waals surface area contributed by atoms with Gasteiger partial charge < -0.3 is 24.8 Å². The molecule has 2 aliphatic heterocycles. The second kappa shape index (κ2) is 7.33. The van der Waals surface area contributed by atoms with Gasteiger partial charge in [-0.25, -0.2) is 0 Å². The van der Waals surface area contributed by atoms with Crippen molar-refractivity contribution in [2.75, 3.05) is 33.1 Å². The molecule has 0 aromatic heterocycles. The summed E-state index contributed by atoms with van der Waals surface area (Å²) in [5.41, 5.74) is 5.63. The van der Waals surface area contributed by atoms with Crippen LogP contribution in [0.2, 0.25) is 0 Å². The lowest BCUT2D eigenvalue weighted by atomic mass is 9.88. The Morgan fingerprint density at radius 2 is 2.12 bits per heavy atom. The number of hydrogen-bond acceptors (Lipinski definition) is 7. The molecule has 2 N–H and O–H groups in total. The highest BCUT2D eigenvalue weighted by molar-refractivity contribution is 8.00. The molecule has 1 aromatic rings. The fraction of sp³-hybridized carbons (Fsp3) is 0.529. The lowest BCUT2D eigenvalue weighted by molar-refractivity contribution is -0.191. The highest BCUT2D eigenvalue weighted by atomic mass is 32.2. The number of carbonyl (C=O) groups is 2. The van der Waals surface area contributed by atoms with Crippen LogP contribution in [0.5, 0.6) is 0 Å². The number of fused-ring (bicyclic) bond motifs is 1. The van der Waals surface area contributed by atoms with Crippen LogP contribution in [0, 0.1) is 5.41 Å². The SMILES string of the molecule is COCC1(C(=O)OC(OC)c2ccccc2)CS[C@@H]2C(N)C(=O)N2C1. The van der Waals surface area contributed by atoms with E-state index in [1.54, 1.807) is 4.90 Å². The Hall–Kier alpha value is -1.61. The molecule has 2 saturated heterocycles. The summed E-state index contributed by atoms with van der Waals surface area (Å²) in [6.45, 7) is 0.408. The van der Waals surface area contributed by atoms with Gasteiger partial charge >= 0.3 is 5.97 Å². The summed E-state index contributed by atoms with van der Waals surface area (Å²) in [6.07, 6.45) is -0.806. The predicted octanol–water partition coefficient (Wildman–Crippen LogP) is 0.750. The van der Waals surface area contributed by atoms with Crippen molar-refractivity contribution < 1.29 is 23.8 Å². The first-order valence-corrected chi connectivity index (χ1v) is 9.03. The third-order valence-electron chi connectivity index (χ3n) is 4.54. The normalized spacial score (nSPS) is 29.6. The molecule has 0 aliphatic carbocycles. The highest BCUT2D eigenvalue weighted by Gasteiger charge is 2.56. The molecule has 0 saturated carbocycles. The molecule has 1 aromatic carbocycles. The molecule has 0 spiro atoms. The van der Waals surface area contributed by atoms with E-state index in [0.29, 0.717) is 5.75 Å². The number of nitrogens with zero attached hydrogens (tertiary/aromatic N) is 1. The number of thioether (sulfide) groups is 1. The number of ether oxygens (including phenoxy) is 3. The summed E-state index contributed by atoms with van der Waals surface area (Å²) in [4.78, 5) is 26.6. The third kappa shape index (κ3) is 3.27. The molecule has 1 amide bonds. The molecule has 2 fully saturated rings. The predicted molar refractivity (Wildman–Crippen MR) is 92.5 cm³/mol. The summed E-state index contributed by atoms with van der Waals surface area (Å²) in [5.74, 6) is -0.103. The van der Waals surface area contributed by atoms with Gasteiger partial charge in [0.25, 0.3) is 0 Å². The zero-order valence-electron chi connectivity index (χ0n) is 14.2. The van der Waals surface area contributed by atoms with Gasteiger partial charge in [-0.1, -0.05) is 30.3 Å². The van der Waals surface area contributed by atoms with Crippen molar-refractivity contribution in [3.05, 3.63) is 35.9 Å². The second-order valence-corrected chi connectivity index (χ2v) is 7.40. The second-order valence-electron chi connectivity index (χ2n) is 6.29. The number of esters is 1. The fourth-order valence-electron chi connectivity index (χ4n) is 3.16. The lowest BCUT2D eigenvalue weighted by Gasteiger charge is -2.53. The van der Waals surface area contributed by atoms with Crippen molar-refractivity contribution >= 4 is 23.6 Å². The molecule has 3 rings (SSSR count). The van der Waals surface area contributed by atoms with Crippen LogP contribution in [0.15, 0.2) is 30.3 Å². The van der Waals surface area contributed by atoms with Crippen molar-refractivity contribution in [1.29, 1.82) is 0 Å². The van der Waals surface area contributed by atoms with Crippen molar-refractivity contribution in [2.24, 2.45) is 11.1 Å². The van der Waals surface area contributed by atoms with Gasteiger partial charge in [-0.2, -0.15) is 0 Å². The zero-order chi connectivity index (χ0) is 18.0. The number of hydrogen-bond donors (Lipinski definition) is 1. The number of rotatable bonds is 6. The van der Waals surface area contributed by atoms with E-state index in [1.807, 2.05) is 30.3 Å². The van der Waals surface area contributed by atoms with E-state index in [4.69, 9.17) is 19.9 Å². The van der Waals surface area contributed by atoms with Gasteiger partial charge in [0.05, 0.1) is 6.61 Å². The molecule has 3 unspecified atom stereocenters. The smallest absolute Gasteiger partial charge is 0.319 e. The highest BCUT2D eigenvalue weighted by Crippen LogP contribution is 2.42. The molecule has 2 heterocycles. The number of nitrogens with two attached hydrogens (primary N) is 1. The van der Waals surface area contributed by atoms with Crippen molar-refractivity contribution in [2.45, 2.75) is 17.7 Å². The van der Waals surface area contributed by atoms with E-state index in [2.05, 4.69) is 0 Å². The number of amides is 1. The van der Waals surface area contributed by atoms with Gasteiger partial charge in [-0.15, -0.1) is 11.8 Å². The van der Waals surface area contributed by atoms with Crippen molar-refractivity contribution in [3.8, 4) is 0 Å². The maximum atomic E-state index is 13.0. The summed E-state index contributed by atoms with van der Waals surface area (Å²) in [6, 6.07) is 8.74. The molecule has 136 valence electrons. The average molecular weight is 366 g/mol. The number of benzene rings is 1. The minimum atomic E-state index is -0.933. The summed E-state index contributed by atoms with van der Waals surface area (Å²) in [7, 11) is 3.01. The van der Waals surface area contributed by atoms with Crippen LogP contribution in [0.4, 0.5) is 0 Å². The third-order valence-corrected chi connectivity index (χ3v) is 6.15. The lowest BCUT2D eigenvalue weighted by Crippen LogP contribution is -2.72. The Balaban J connectivity index is 1.76. The molecule has 0 bridgehead atoms. The Kier molecular flexibility index (Phi) is 5.33. The Morgan fingerprint density at radius 3 is 2.76 bits per heavy atom. The first-order chi connectivity index (χ1) is 12.0. The van der Waals surface area contributed by atoms with Gasteiger partial charge in [-0.3, -0.25) is 9.59 Å². The molecule has 4 atom stereocenters. The van der Waals surface area contributed by atoms with Crippen molar-refractivity contribution in [3.63, 3.8) is 0 Å². The minimum Gasteiger partial charge on any atom is -0.431 e. The fourth-order valence-corrected chi connectivity index (χ4v) is 4.62. The van der Waals surface area contributed by atoms with Crippen LogP contribution in [0.25, 0.3) is 0 Å². The van der Waals surface area contributed by atoms with Gasteiger partial charge in [0, 0.05) is 32.1 Å². The molecular formula is C17H22N2O5S. The molecular weight excluding hydrogens is 344 g/mol. The molecule has 25 heavy (non-hydrogen) atoms. The Labute approximate surface area is 150 Å². The monoisotopic (exact) mass is 366 g/mol. The van der Waals surface area contributed by atoms with E-state index < -0.39 is 23.7 Å². The summed E-state index contributed by atoms with van der Waals surface area (Å²) in [5, 5.41) is -0.0716. The van der Waals surface area contributed by atoms with Crippen LogP contribution in [-0.2, 0) is 23.8 Å². The van der Waals surface area contributed by atoms with E-state index in [1.165, 1.54) is 26.0 Å². The van der Waals surface area contributed by atoms with Crippen LogP contribution in [0.3, 0.4) is 0 Å². The first-order valence-electron chi connectivity index (χ1n) is 7.98. The number of methoxy groups -OCH3 is 2. The van der Waals surface area contributed by atoms with E-state index in [9.17, 15) is 9.59 Å². The minimum absolute atomic E-state index is 0.0716. The standard InChI is InChI=1S/C17H22N2O5S/c1-22-9-17(8-19-13(20)12(18)14(19)25-10-17)16(21)24-15(23-2)11-6-4-3-5-7-11/h3-7,12,14-15H,8-10,18H2,1-2H3/t12?,14-,15?,17?/m1/s1. The topological polar surface area (TPSA) is 91.1 Å². The van der Waals surface area contributed by atoms with Gasteiger partial charge in [0.2, 0.25) is 12.2 Å². The maximum absolute atomic E-state index is 13.0. The number of carbonyl (C=O) groups excluding carboxylic acids is 2. The van der Waals surface area contributed by atoms with Crippen LogP contribution < -0.4 is 5.73 Å². The molecule has 2 aliphatic rings. The Morgan fingerprint density at radius 1 is 1.40 bits per heavy atom. The zero-order valence-corrected chi connectivity index (χ0v) is 15.0. The summed E-state index contributed by atoms with van der Waals surface area (Å²) >= 11 is 1.49. The van der Waals surface area contributed by atoms with Crippen LogP contribution in [0.1, 0.15) is 11.9 Å². The van der Waals surface area contributed by atoms with Gasteiger partial charge in [0.15, 0.2) is 0 Å². The van der Waals surface area contributed by atoms with Crippen LogP contribution >= 0.6 is 11.8 Å². The van der Waals surface area contributed by atoms with Crippen LogP contribution in [-0.4, -0.2) is 61.3 Å².